The minimum Gasteiger partial charge on any atom is -0.423 e. The molecule has 1 N–H and O–H groups in total. The van der Waals surface area contributed by atoms with Gasteiger partial charge in [0.15, 0.2) is 0 Å². The summed E-state index contributed by atoms with van der Waals surface area (Å²) in [5.41, 5.74) is -0.0604. The molecule has 5 nitrogen and oxygen atoms in total. The quantitative estimate of drug-likeness (QED) is 0.882. The topological polar surface area (TPSA) is 76.4 Å². The van der Waals surface area contributed by atoms with Crippen molar-refractivity contribution >= 4 is 21.0 Å². The Morgan fingerprint density at radius 1 is 1.14 bits per heavy atom. The molecule has 1 aliphatic rings. The summed E-state index contributed by atoms with van der Waals surface area (Å²) in [4.78, 5) is 11.4. The van der Waals surface area contributed by atoms with E-state index < -0.39 is 15.6 Å². The average Bonchev–Trinajstić information content (AvgIpc) is 2.49. The third-order valence-electron chi connectivity index (χ3n) is 4.32. The molecule has 0 aliphatic heterocycles. The molecule has 0 bridgehead atoms. The van der Waals surface area contributed by atoms with E-state index in [-0.39, 0.29) is 10.9 Å². The van der Waals surface area contributed by atoms with Gasteiger partial charge < -0.3 is 4.42 Å². The van der Waals surface area contributed by atoms with Gasteiger partial charge in [-0.05, 0) is 43.0 Å². The summed E-state index contributed by atoms with van der Waals surface area (Å²) in [5, 5.41) is 0.596. The zero-order valence-corrected chi connectivity index (χ0v) is 13.2. The molecule has 1 heterocycles. The highest BCUT2D eigenvalue weighted by atomic mass is 32.2. The van der Waals surface area contributed by atoms with E-state index in [0.29, 0.717) is 16.9 Å². The smallest absolute Gasteiger partial charge is 0.336 e. The van der Waals surface area contributed by atoms with E-state index >= 15 is 0 Å². The molecule has 0 spiro atoms. The number of hydrogen-bond acceptors (Lipinski definition) is 4. The van der Waals surface area contributed by atoms with Gasteiger partial charge in [-0.2, -0.15) is 0 Å². The molecule has 1 aromatic heterocycles. The van der Waals surface area contributed by atoms with E-state index in [2.05, 4.69) is 11.6 Å². The Morgan fingerprint density at radius 2 is 1.91 bits per heavy atom. The van der Waals surface area contributed by atoms with E-state index in [0.717, 1.165) is 25.7 Å². The first-order valence-electron chi connectivity index (χ1n) is 7.52. The van der Waals surface area contributed by atoms with Crippen molar-refractivity contribution in [2.24, 2.45) is 5.92 Å². The molecule has 1 aliphatic carbocycles. The Hall–Kier alpha value is -1.66. The first kappa shape index (κ1) is 15.2. The first-order chi connectivity index (χ1) is 10.5. The maximum absolute atomic E-state index is 12.6. The molecule has 6 heteroatoms. The Labute approximate surface area is 129 Å². The molecule has 0 radical (unpaired) electrons. The lowest BCUT2D eigenvalue weighted by molar-refractivity contribution is 0.310. The Bertz CT molecular complexity index is 841. The highest BCUT2D eigenvalue weighted by Gasteiger charge is 2.26. The van der Waals surface area contributed by atoms with Crippen LogP contribution >= 0.6 is 0 Å². The average molecular weight is 321 g/mol. The zero-order valence-electron chi connectivity index (χ0n) is 12.4. The van der Waals surface area contributed by atoms with Crippen LogP contribution < -0.4 is 10.3 Å². The molecule has 0 saturated heterocycles. The molecule has 1 fully saturated rings. The molecule has 3 rings (SSSR count). The van der Waals surface area contributed by atoms with Crippen LogP contribution in [0.15, 0.2) is 44.4 Å². The summed E-state index contributed by atoms with van der Waals surface area (Å²) in [5.74, 6) is 0.349. The van der Waals surface area contributed by atoms with Crippen LogP contribution in [-0.4, -0.2) is 14.5 Å². The van der Waals surface area contributed by atoms with E-state index in [1.165, 1.54) is 24.3 Å². The van der Waals surface area contributed by atoms with Crippen LogP contribution in [0.25, 0.3) is 11.0 Å². The van der Waals surface area contributed by atoms with E-state index in [4.69, 9.17) is 4.42 Å². The molecule has 2 atom stereocenters. The van der Waals surface area contributed by atoms with Crippen LogP contribution in [0.4, 0.5) is 0 Å². The van der Waals surface area contributed by atoms with Gasteiger partial charge in [0.2, 0.25) is 10.0 Å². The second kappa shape index (κ2) is 5.85. The van der Waals surface area contributed by atoms with E-state index in [9.17, 15) is 13.2 Å². The van der Waals surface area contributed by atoms with E-state index in [1.54, 1.807) is 6.07 Å². The number of fused-ring (bicyclic) bond motifs is 1. The van der Waals surface area contributed by atoms with Crippen LogP contribution in [0.2, 0.25) is 0 Å². The van der Waals surface area contributed by atoms with Gasteiger partial charge in [-0.25, -0.2) is 17.9 Å². The summed E-state index contributed by atoms with van der Waals surface area (Å²) in [6, 6.07) is 7.38. The number of hydrogen-bond donors (Lipinski definition) is 1. The molecule has 1 aromatic carbocycles. The van der Waals surface area contributed by atoms with Crippen molar-refractivity contribution in [1.82, 2.24) is 4.72 Å². The van der Waals surface area contributed by atoms with Gasteiger partial charge >= 0.3 is 5.63 Å². The van der Waals surface area contributed by atoms with Crippen LogP contribution in [0, 0.1) is 5.92 Å². The number of sulfonamides is 1. The summed E-state index contributed by atoms with van der Waals surface area (Å²) in [6.07, 6.45) is 4.15. The van der Waals surface area contributed by atoms with Crippen LogP contribution in [0.1, 0.15) is 32.6 Å². The maximum Gasteiger partial charge on any atom is 0.336 e. The van der Waals surface area contributed by atoms with Crippen molar-refractivity contribution in [3.05, 3.63) is 40.8 Å². The van der Waals surface area contributed by atoms with E-state index in [1.807, 2.05) is 0 Å². The van der Waals surface area contributed by atoms with Gasteiger partial charge in [0.05, 0.1) is 4.90 Å². The van der Waals surface area contributed by atoms with Crippen molar-refractivity contribution in [1.29, 1.82) is 0 Å². The highest BCUT2D eigenvalue weighted by Crippen LogP contribution is 2.26. The molecular weight excluding hydrogens is 302 g/mol. The van der Waals surface area contributed by atoms with Gasteiger partial charge in [-0.3, -0.25) is 0 Å². The fourth-order valence-electron chi connectivity index (χ4n) is 2.98. The fourth-order valence-corrected chi connectivity index (χ4v) is 4.39. The van der Waals surface area contributed by atoms with Gasteiger partial charge in [-0.15, -0.1) is 0 Å². The first-order valence-corrected chi connectivity index (χ1v) is 9.00. The number of rotatable bonds is 3. The summed E-state index contributed by atoms with van der Waals surface area (Å²) >= 11 is 0. The van der Waals surface area contributed by atoms with Crippen molar-refractivity contribution < 1.29 is 12.8 Å². The van der Waals surface area contributed by atoms with Crippen molar-refractivity contribution in [2.75, 3.05) is 0 Å². The predicted molar refractivity (Wildman–Crippen MR) is 84.2 cm³/mol. The molecule has 22 heavy (non-hydrogen) atoms. The Morgan fingerprint density at radius 3 is 2.68 bits per heavy atom. The second-order valence-electron chi connectivity index (χ2n) is 5.94. The Kier molecular flexibility index (Phi) is 4.06. The van der Waals surface area contributed by atoms with Crippen molar-refractivity contribution in [3.8, 4) is 0 Å². The third-order valence-corrected chi connectivity index (χ3v) is 5.81. The SMILES string of the molecule is C[C@@H]1CCCC[C@@H]1NS(=O)(=O)c1ccc2oc(=O)ccc2c1. The highest BCUT2D eigenvalue weighted by molar-refractivity contribution is 7.89. The zero-order chi connectivity index (χ0) is 15.7. The lowest BCUT2D eigenvalue weighted by Gasteiger charge is -2.29. The molecule has 1 saturated carbocycles. The number of benzene rings is 1. The Balaban J connectivity index is 1.91. The summed E-state index contributed by atoms with van der Waals surface area (Å²) < 4.78 is 32.9. The van der Waals surface area contributed by atoms with Crippen molar-refractivity contribution in [2.45, 2.75) is 43.5 Å². The monoisotopic (exact) mass is 321 g/mol. The largest absolute Gasteiger partial charge is 0.423 e. The minimum absolute atomic E-state index is 0.0110. The van der Waals surface area contributed by atoms with Crippen molar-refractivity contribution in [3.63, 3.8) is 0 Å². The van der Waals surface area contributed by atoms with Gasteiger partial charge in [0.1, 0.15) is 5.58 Å². The molecule has 0 amide bonds. The standard InChI is InChI=1S/C16H19NO4S/c1-11-4-2-3-5-14(11)17-22(19,20)13-7-8-15-12(10-13)6-9-16(18)21-15/h6-11,14,17H,2-5H2,1H3/t11-,14+/m1/s1. The number of nitrogens with one attached hydrogen (secondary N) is 1. The van der Waals surface area contributed by atoms with Crippen LogP contribution in [-0.2, 0) is 10.0 Å². The van der Waals surface area contributed by atoms with Gasteiger partial charge in [0.25, 0.3) is 0 Å². The lowest BCUT2D eigenvalue weighted by atomic mass is 9.87. The maximum atomic E-state index is 12.6. The molecule has 0 unspecified atom stereocenters. The minimum atomic E-state index is -3.56. The second-order valence-corrected chi connectivity index (χ2v) is 7.66. The summed E-state index contributed by atoms with van der Waals surface area (Å²) in [7, 11) is -3.56. The summed E-state index contributed by atoms with van der Waals surface area (Å²) in [6.45, 7) is 2.08. The normalized spacial score (nSPS) is 22.8. The molecule has 2 aromatic rings. The predicted octanol–water partition coefficient (Wildman–Crippen LogP) is 2.65. The molecule has 118 valence electrons. The van der Waals surface area contributed by atoms with Gasteiger partial charge in [-0.1, -0.05) is 19.8 Å². The van der Waals surface area contributed by atoms with Crippen LogP contribution in [0.5, 0.6) is 0 Å². The molecular formula is C16H19NO4S. The van der Waals surface area contributed by atoms with Gasteiger partial charge in [0, 0.05) is 17.5 Å². The fraction of sp³-hybridized carbons (Fsp3) is 0.438. The third kappa shape index (κ3) is 3.08. The van der Waals surface area contributed by atoms with Crippen LogP contribution in [0.3, 0.4) is 0 Å². The lowest BCUT2D eigenvalue weighted by Crippen LogP contribution is -2.40.